The first-order valence-corrected chi connectivity index (χ1v) is 10.1. The molecule has 2 aliphatic rings. The van der Waals surface area contributed by atoms with Crippen molar-refractivity contribution >= 4 is 5.57 Å². The molecular formula is C23H34O. The van der Waals surface area contributed by atoms with Crippen LogP contribution in [0.15, 0.2) is 30.3 Å². The minimum absolute atomic E-state index is 0.944. The highest BCUT2D eigenvalue weighted by Gasteiger charge is 2.28. The predicted octanol–water partition coefficient (Wildman–Crippen LogP) is 6.88. The van der Waals surface area contributed by atoms with Crippen LogP contribution in [0.25, 0.3) is 5.57 Å². The van der Waals surface area contributed by atoms with Gasteiger partial charge in [0.25, 0.3) is 0 Å². The summed E-state index contributed by atoms with van der Waals surface area (Å²) in [5.74, 6) is 3.93. The van der Waals surface area contributed by atoms with E-state index in [1.54, 1.807) is 12.7 Å². The first-order chi connectivity index (χ1) is 11.8. The lowest BCUT2D eigenvalue weighted by atomic mass is 9.70. The molecule has 3 rings (SSSR count). The van der Waals surface area contributed by atoms with Crippen LogP contribution in [-0.4, -0.2) is 7.11 Å². The van der Waals surface area contributed by atoms with Crippen LogP contribution in [0, 0.1) is 17.8 Å². The summed E-state index contributed by atoms with van der Waals surface area (Å²) in [5, 5.41) is 0. The summed E-state index contributed by atoms with van der Waals surface area (Å²) in [6.45, 7) is 2.32. The summed E-state index contributed by atoms with van der Waals surface area (Å²) in [5.41, 5.74) is 2.93. The molecule has 132 valence electrons. The Morgan fingerprint density at radius 1 is 0.958 bits per heavy atom. The van der Waals surface area contributed by atoms with Crippen LogP contribution in [0.2, 0.25) is 0 Å². The molecule has 0 amide bonds. The van der Waals surface area contributed by atoms with Gasteiger partial charge in [0.2, 0.25) is 0 Å². The summed E-state index contributed by atoms with van der Waals surface area (Å²) < 4.78 is 5.27. The minimum atomic E-state index is 0.944. The highest BCUT2D eigenvalue weighted by atomic mass is 16.5. The molecule has 1 fully saturated rings. The second-order valence-corrected chi connectivity index (χ2v) is 7.92. The third-order valence-corrected chi connectivity index (χ3v) is 6.44. The number of hydrogen-bond acceptors (Lipinski definition) is 1. The average molecular weight is 327 g/mol. The zero-order valence-corrected chi connectivity index (χ0v) is 15.6. The number of ether oxygens (including phenoxy) is 1. The first-order valence-electron chi connectivity index (χ1n) is 10.1. The fraction of sp³-hybridized carbons (Fsp3) is 0.652. The molecule has 1 atom stereocenters. The number of hydrogen-bond donors (Lipinski definition) is 0. The second-order valence-electron chi connectivity index (χ2n) is 7.92. The molecule has 2 aliphatic carbocycles. The molecule has 0 aliphatic heterocycles. The monoisotopic (exact) mass is 326 g/mol. The van der Waals surface area contributed by atoms with E-state index in [2.05, 4.69) is 37.3 Å². The van der Waals surface area contributed by atoms with Gasteiger partial charge in [-0.2, -0.15) is 0 Å². The number of allylic oxidation sites excluding steroid dienone is 2. The van der Waals surface area contributed by atoms with Crippen molar-refractivity contribution in [3.63, 3.8) is 0 Å². The maximum Gasteiger partial charge on any atom is 0.118 e. The van der Waals surface area contributed by atoms with Gasteiger partial charge in [-0.1, -0.05) is 57.2 Å². The molecule has 1 nitrogen and oxygen atoms in total. The fourth-order valence-electron chi connectivity index (χ4n) is 4.79. The van der Waals surface area contributed by atoms with Crippen molar-refractivity contribution in [2.75, 3.05) is 7.11 Å². The van der Waals surface area contributed by atoms with Crippen LogP contribution in [0.5, 0.6) is 5.75 Å². The number of unbranched alkanes of at least 4 members (excludes halogenated alkanes) is 1. The fourth-order valence-corrected chi connectivity index (χ4v) is 4.79. The summed E-state index contributed by atoms with van der Waals surface area (Å²) in [4.78, 5) is 0. The lowest BCUT2D eigenvalue weighted by Crippen LogP contribution is -2.23. The van der Waals surface area contributed by atoms with Gasteiger partial charge in [0.1, 0.15) is 5.75 Å². The van der Waals surface area contributed by atoms with Crippen LogP contribution in [0.1, 0.15) is 76.7 Å². The third-order valence-electron chi connectivity index (χ3n) is 6.44. The van der Waals surface area contributed by atoms with E-state index < -0.39 is 0 Å². The average Bonchev–Trinajstić information content (AvgIpc) is 2.67. The number of rotatable bonds is 6. The smallest absolute Gasteiger partial charge is 0.118 e. The quantitative estimate of drug-likeness (QED) is 0.554. The summed E-state index contributed by atoms with van der Waals surface area (Å²) in [6, 6.07) is 8.59. The van der Waals surface area contributed by atoms with E-state index in [1.807, 2.05) is 0 Å². The summed E-state index contributed by atoms with van der Waals surface area (Å²) in [6.07, 6.45) is 16.7. The van der Waals surface area contributed by atoms with Crippen LogP contribution in [0.4, 0.5) is 0 Å². The van der Waals surface area contributed by atoms with Crippen molar-refractivity contribution in [1.82, 2.24) is 0 Å². The molecule has 24 heavy (non-hydrogen) atoms. The van der Waals surface area contributed by atoms with Crippen molar-refractivity contribution < 1.29 is 4.74 Å². The van der Waals surface area contributed by atoms with Gasteiger partial charge in [0.15, 0.2) is 0 Å². The van der Waals surface area contributed by atoms with Gasteiger partial charge in [-0.25, -0.2) is 0 Å². The number of methoxy groups -OCH3 is 1. The molecule has 1 aromatic rings. The van der Waals surface area contributed by atoms with Crippen LogP contribution < -0.4 is 4.74 Å². The lowest BCUT2D eigenvalue weighted by Gasteiger charge is -2.35. The maximum absolute atomic E-state index is 5.27. The van der Waals surface area contributed by atoms with E-state index in [1.165, 1.54) is 69.8 Å². The van der Waals surface area contributed by atoms with E-state index in [-0.39, 0.29) is 0 Å². The van der Waals surface area contributed by atoms with E-state index >= 15 is 0 Å². The van der Waals surface area contributed by atoms with E-state index in [4.69, 9.17) is 4.74 Å². The van der Waals surface area contributed by atoms with Gasteiger partial charge in [0, 0.05) is 0 Å². The molecule has 1 heteroatoms. The van der Waals surface area contributed by atoms with Crippen LogP contribution in [-0.2, 0) is 0 Å². The van der Waals surface area contributed by atoms with Gasteiger partial charge in [-0.3, -0.25) is 0 Å². The lowest BCUT2D eigenvalue weighted by molar-refractivity contribution is 0.188. The van der Waals surface area contributed by atoms with Gasteiger partial charge >= 0.3 is 0 Å². The minimum Gasteiger partial charge on any atom is -0.497 e. The van der Waals surface area contributed by atoms with Crippen LogP contribution >= 0.6 is 0 Å². The summed E-state index contributed by atoms with van der Waals surface area (Å²) in [7, 11) is 1.73. The Bertz CT molecular complexity index is 519. The van der Waals surface area contributed by atoms with Gasteiger partial charge in [-0.15, -0.1) is 0 Å². The first kappa shape index (κ1) is 17.6. The Balaban J connectivity index is 1.50. The number of benzene rings is 1. The highest BCUT2D eigenvalue weighted by Crippen LogP contribution is 2.42. The van der Waals surface area contributed by atoms with Crippen molar-refractivity contribution in [3.05, 3.63) is 35.9 Å². The Labute approximate surface area is 148 Å². The Hall–Kier alpha value is -1.24. The Kier molecular flexibility index (Phi) is 6.40. The molecule has 0 N–H and O–H groups in total. The molecule has 0 radical (unpaired) electrons. The molecule has 0 saturated heterocycles. The SMILES string of the molecule is CCCCC1CCC(C2CC=C(c3ccc(OC)cc3)CC2)CC1. The topological polar surface area (TPSA) is 9.23 Å². The second kappa shape index (κ2) is 8.74. The van der Waals surface area contributed by atoms with Gasteiger partial charge < -0.3 is 4.74 Å². The normalized spacial score (nSPS) is 27.6. The third kappa shape index (κ3) is 4.43. The van der Waals surface area contributed by atoms with Crippen LogP contribution in [0.3, 0.4) is 0 Å². The zero-order valence-electron chi connectivity index (χ0n) is 15.6. The standard InChI is InChI=1S/C23H34O/c1-3-4-5-18-6-8-19(9-7-18)20-10-12-21(13-11-20)22-14-16-23(24-2)17-15-22/h12,14-20H,3-11,13H2,1-2H3. The highest BCUT2D eigenvalue weighted by molar-refractivity contribution is 5.66. The molecule has 0 aromatic heterocycles. The Morgan fingerprint density at radius 3 is 2.29 bits per heavy atom. The van der Waals surface area contributed by atoms with E-state index in [0.29, 0.717) is 0 Å². The van der Waals surface area contributed by atoms with E-state index in [9.17, 15) is 0 Å². The van der Waals surface area contributed by atoms with Crippen molar-refractivity contribution in [2.24, 2.45) is 17.8 Å². The largest absolute Gasteiger partial charge is 0.497 e. The maximum atomic E-state index is 5.27. The zero-order chi connectivity index (χ0) is 16.8. The molecule has 1 saturated carbocycles. The van der Waals surface area contributed by atoms with Gasteiger partial charge in [-0.05, 0) is 73.1 Å². The van der Waals surface area contributed by atoms with Crippen molar-refractivity contribution in [2.45, 2.75) is 71.1 Å². The van der Waals surface area contributed by atoms with E-state index in [0.717, 1.165) is 23.5 Å². The Morgan fingerprint density at radius 2 is 1.71 bits per heavy atom. The van der Waals surface area contributed by atoms with Gasteiger partial charge in [0.05, 0.1) is 7.11 Å². The summed E-state index contributed by atoms with van der Waals surface area (Å²) >= 11 is 0. The van der Waals surface area contributed by atoms with Crippen molar-refractivity contribution in [3.8, 4) is 5.75 Å². The van der Waals surface area contributed by atoms with Crippen molar-refractivity contribution in [1.29, 1.82) is 0 Å². The molecule has 0 spiro atoms. The molecule has 1 aromatic carbocycles. The molecule has 0 bridgehead atoms. The molecule has 1 unspecified atom stereocenters. The molecular weight excluding hydrogens is 292 g/mol. The predicted molar refractivity (Wildman–Crippen MR) is 103 cm³/mol. The molecule has 0 heterocycles.